The fourth-order valence-corrected chi connectivity index (χ4v) is 3.26. The third-order valence-corrected chi connectivity index (χ3v) is 5.19. The smallest absolute Gasteiger partial charge is 0.326 e. The Kier molecular flexibility index (Phi) is 9.13. The van der Waals surface area contributed by atoms with Crippen LogP contribution in [0.1, 0.15) is 32.3 Å². The largest absolute Gasteiger partial charge is 0.480 e. The number of carboxylic acid groups (broad SMARTS) is 1. The number of amides is 4. The number of fused-ring (bicyclic) bond motifs is 1. The van der Waals surface area contributed by atoms with E-state index in [0.29, 0.717) is 5.56 Å². The van der Waals surface area contributed by atoms with E-state index in [1.54, 1.807) is 6.20 Å². The van der Waals surface area contributed by atoms with E-state index in [-0.39, 0.29) is 19.3 Å². The van der Waals surface area contributed by atoms with Crippen LogP contribution in [0.5, 0.6) is 0 Å². The molecule has 12 heteroatoms. The number of H-pyrrole nitrogens is 1. The van der Waals surface area contributed by atoms with Crippen LogP contribution in [0.15, 0.2) is 30.5 Å². The molecular formula is C22H30N6O6. The minimum Gasteiger partial charge on any atom is -0.480 e. The molecule has 34 heavy (non-hydrogen) atoms. The lowest BCUT2D eigenvalue weighted by Crippen LogP contribution is -2.56. The predicted octanol–water partition coefficient (Wildman–Crippen LogP) is -1.12. The molecule has 1 heterocycles. The van der Waals surface area contributed by atoms with Crippen molar-refractivity contribution in [2.24, 2.45) is 11.5 Å². The number of benzene rings is 1. The topological polar surface area (TPSA) is 209 Å². The van der Waals surface area contributed by atoms with Crippen LogP contribution in [0, 0.1) is 0 Å². The van der Waals surface area contributed by atoms with Crippen LogP contribution in [0.3, 0.4) is 0 Å². The lowest BCUT2D eigenvalue weighted by molar-refractivity contribution is -0.142. The Balaban J connectivity index is 2.04. The molecule has 0 spiro atoms. The van der Waals surface area contributed by atoms with Crippen molar-refractivity contribution in [3.8, 4) is 0 Å². The fourth-order valence-electron chi connectivity index (χ4n) is 3.26. The summed E-state index contributed by atoms with van der Waals surface area (Å²) in [7, 11) is 0. The summed E-state index contributed by atoms with van der Waals surface area (Å²) in [6.07, 6.45) is 1.44. The standard InChI is InChI=1S/C22H30N6O6/c1-11(23)19(30)27-16(7-8-18(24)29)21(32)26-12(2)20(31)28-17(22(33)34)9-13-10-25-15-6-4-3-5-14(13)15/h3-6,10-12,16-17,25H,7-9,23H2,1-2H3,(H2,24,29)(H,26,32)(H,27,30)(H,28,31)(H,33,34). The van der Waals surface area contributed by atoms with Crippen LogP contribution in [-0.4, -0.2) is 63.9 Å². The number of nitrogens with one attached hydrogen (secondary N) is 4. The quantitative estimate of drug-likeness (QED) is 0.201. The van der Waals surface area contributed by atoms with E-state index < -0.39 is 53.8 Å². The van der Waals surface area contributed by atoms with Crippen molar-refractivity contribution in [2.45, 2.75) is 57.3 Å². The van der Waals surface area contributed by atoms with Crippen molar-refractivity contribution in [2.75, 3.05) is 0 Å². The van der Waals surface area contributed by atoms with Gasteiger partial charge >= 0.3 is 5.97 Å². The van der Waals surface area contributed by atoms with E-state index in [0.717, 1.165) is 10.9 Å². The molecule has 184 valence electrons. The van der Waals surface area contributed by atoms with Crippen molar-refractivity contribution in [3.05, 3.63) is 36.0 Å². The molecule has 0 fully saturated rings. The SMILES string of the molecule is CC(N)C(=O)NC(CCC(N)=O)C(=O)NC(C)C(=O)NC(Cc1c[nH]c2ccccc12)C(=O)O. The molecule has 2 aromatic rings. The zero-order chi connectivity index (χ0) is 25.4. The Morgan fingerprint density at radius 1 is 0.971 bits per heavy atom. The van der Waals surface area contributed by atoms with Crippen LogP contribution in [0.25, 0.3) is 10.9 Å². The summed E-state index contributed by atoms with van der Waals surface area (Å²) >= 11 is 0. The van der Waals surface area contributed by atoms with Crippen molar-refractivity contribution in [3.63, 3.8) is 0 Å². The number of rotatable bonds is 12. The van der Waals surface area contributed by atoms with Gasteiger partial charge in [0.05, 0.1) is 6.04 Å². The molecule has 0 radical (unpaired) electrons. The summed E-state index contributed by atoms with van der Waals surface area (Å²) in [6, 6.07) is 2.95. The van der Waals surface area contributed by atoms with Gasteiger partial charge in [-0.1, -0.05) is 18.2 Å². The summed E-state index contributed by atoms with van der Waals surface area (Å²) in [5, 5.41) is 17.7. The van der Waals surface area contributed by atoms with Gasteiger partial charge < -0.3 is 37.5 Å². The molecule has 0 aliphatic heterocycles. The highest BCUT2D eigenvalue weighted by Crippen LogP contribution is 2.19. The van der Waals surface area contributed by atoms with E-state index >= 15 is 0 Å². The van der Waals surface area contributed by atoms with Gasteiger partial charge in [-0.15, -0.1) is 0 Å². The first-order valence-corrected chi connectivity index (χ1v) is 10.7. The minimum absolute atomic E-state index is 0.0252. The summed E-state index contributed by atoms with van der Waals surface area (Å²) in [6.45, 7) is 2.80. The number of aliphatic carboxylic acids is 1. The third kappa shape index (κ3) is 7.30. The lowest BCUT2D eigenvalue weighted by atomic mass is 10.0. The first kappa shape index (κ1) is 26.3. The Bertz CT molecular complexity index is 1070. The number of aromatic nitrogens is 1. The number of para-hydroxylation sites is 1. The van der Waals surface area contributed by atoms with E-state index in [2.05, 4.69) is 20.9 Å². The zero-order valence-electron chi connectivity index (χ0n) is 19.0. The lowest BCUT2D eigenvalue weighted by Gasteiger charge is -2.23. The zero-order valence-corrected chi connectivity index (χ0v) is 19.0. The van der Waals surface area contributed by atoms with Crippen LogP contribution >= 0.6 is 0 Å². The average Bonchev–Trinajstić information content (AvgIpc) is 3.18. The molecule has 4 amide bonds. The van der Waals surface area contributed by atoms with Gasteiger partial charge in [0, 0.05) is 29.9 Å². The summed E-state index contributed by atoms with van der Waals surface area (Å²) in [5.74, 6) is -3.98. The number of nitrogens with two attached hydrogens (primary N) is 2. The van der Waals surface area contributed by atoms with Crippen LogP contribution < -0.4 is 27.4 Å². The number of carbonyl (C=O) groups is 5. The average molecular weight is 475 g/mol. The molecule has 0 aliphatic rings. The molecule has 1 aromatic heterocycles. The molecule has 12 nitrogen and oxygen atoms in total. The van der Waals surface area contributed by atoms with Crippen LogP contribution in [0.4, 0.5) is 0 Å². The van der Waals surface area contributed by atoms with Crippen molar-refractivity contribution >= 4 is 40.5 Å². The van der Waals surface area contributed by atoms with Gasteiger partial charge in [-0.2, -0.15) is 0 Å². The normalized spacial score (nSPS) is 14.4. The molecule has 2 rings (SSSR count). The second-order valence-corrected chi connectivity index (χ2v) is 8.05. The number of aromatic amines is 1. The Hall–Kier alpha value is -3.93. The molecule has 0 saturated carbocycles. The fraction of sp³-hybridized carbons (Fsp3) is 0.409. The number of hydrogen-bond donors (Lipinski definition) is 7. The Morgan fingerprint density at radius 3 is 2.24 bits per heavy atom. The number of carboxylic acids is 1. The number of primary amides is 1. The van der Waals surface area contributed by atoms with E-state index in [4.69, 9.17) is 11.5 Å². The van der Waals surface area contributed by atoms with Gasteiger partial charge in [-0.25, -0.2) is 4.79 Å². The monoisotopic (exact) mass is 474 g/mol. The van der Waals surface area contributed by atoms with Gasteiger partial charge in [-0.3, -0.25) is 19.2 Å². The van der Waals surface area contributed by atoms with Gasteiger partial charge in [0.25, 0.3) is 0 Å². The Labute approximate surface area is 195 Å². The first-order valence-electron chi connectivity index (χ1n) is 10.7. The Morgan fingerprint density at radius 2 is 1.62 bits per heavy atom. The van der Waals surface area contributed by atoms with Gasteiger partial charge in [0.15, 0.2) is 0 Å². The molecule has 1 aromatic carbocycles. The number of hydrogen-bond acceptors (Lipinski definition) is 6. The maximum Gasteiger partial charge on any atom is 0.326 e. The summed E-state index contributed by atoms with van der Waals surface area (Å²) in [4.78, 5) is 63.1. The van der Waals surface area contributed by atoms with Crippen molar-refractivity contribution in [1.82, 2.24) is 20.9 Å². The molecule has 0 bridgehead atoms. The summed E-state index contributed by atoms with van der Waals surface area (Å²) < 4.78 is 0. The van der Waals surface area contributed by atoms with Crippen molar-refractivity contribution < 1.29 is 29.1 Å². The van der Waals surface area contributed by atoms with E-state index in [9.17, 15) is 29.1 Å². The number of carbonyl (C=O) groups excluding carboxylic acids is 4. The van der Waals surface area contributed by atoms with E-state index in [1.165, 1.54) is 13.8 Å². The van der Waals surface area contributed by atoms with Gasteiger partial charge in [0.2, 0.25) is 23.6 Å². The first-order chi connectivity index (χ1) is 16.0. The second kappa shape index (κ2) is 11.8. The third-order valence-electron chi connectivity index (χ3n) is 5.19. The minimum atomic E-state index is -1.24. The van der Waals surface area contributed by atoms with Crippen LogP contribution in [-0.2, 0) is 30.4 Å². The van der Waals surface area contributed by atoms with Crippen molar-refractivity contribution in [1.29, 1.82) is 0 Å². The molecule has 4 atom stereocenters. The predicted molar refractivity (Wildman–Crippen MR) is 123 cm³/mol. The maximum atomic E-state index is 12.6. The molecule has 4 unspecified atom stereocenters. The van der Waals surface area contributed by atoms with Crippen LogP contribution in [0.2, 0.25) is 0 Å². The summed E-state index contributed by atoms with van der Waals surface area (Å²) in [5.41, 5.74) is 12.2. The molecule has 0 saturated heterocycles. The maximum absolute atomic E-state index is 12.6. The van der Waals surface area contributed by atoms with Gasteiger partial charge in [-0.05, 0) is 31.9 Å². The molecule has 9 N–H and O–H groups in total. The molecule has 0 aliphatic carbocycles. The second-order valence-electron chi connectivity index (χ2n) is 8.05. The molecular weight excluding hydrogens is 444 g/mol. The highest BCUT2D eigenvalue weighted by Gasteiger charge is 2.28. The highest BCUT2D eigenvalue weighted by atomic mass is 16.4. The highest BCUT2D eigenvalue weighted by molar-refractivity contribution is 5.94. The van der Waals surface area contributed by atoms with Gasteiger partial charge in [0.1, 0.15) is 18.1 Å². The van der Waals surface area contributed by atoms with E-state index in [1.807, 2.05) is 24.3 Å².